The first-order chi connectivity index (χ1) is 17.5. The van der Waals surface area contributed by atoms with Gasteiger partial charge in [-0.2, -0.15) is 0 Å². The predicted octanol–water partition coefficient (Wildman–Crippen LogP) is 2.46. The topological polar surface area (TPSA) is 126 Å². The SMILES string of the molecule is C[C@@H]1O[C@@H](O[C@H]2CC[C@]3(C)C4CC[C@]5(C)[C@@H](C6=CC(=O)OC6)CC[C@]5(O)C4CC[C@@H]3C2)[C@H](O)[C@H](O)[C@H]1O. The molecule has 4 aliphatic carbocycles. The lowest BCUT2D eigenvalue weighted by Gasteiger charge is -2.64. The second kappa shape index (κ2) is 9.00. The van der Waals surface area contributed by atoms with Crippen molar-refractivity contribution in [2.45, 2.75) is 121 Å². The lowest BCUT2D eigenvalue weighted by molar-refractivity contribution is -0.310. The van der Waals surface area contributed by atoms with E-state index in [4.69, 9.17) is 14.2 Å². The van der Waals surface area contributed by atoms with Crippen LogP contribution in [-0.2, 0) is 19.0 Å². The number of carbonyl (C=O) groups is 1. The molecule has 208 valence electrons. The molecule has 2 unspecified atom stereocenters. The molecule has 4 N–H and O–H groups in total. The monoisotopic (exact) mass is 520 g/mol. The minimum atomic E-state index is -1.28. The summed E-state index contributed by atoms with van der Waals surface area (Å²) in [6, 6.07) is 0. The molecule has 0 spiro atoms. The molecular formula is C29H44O8. The van der Waals surface area contributed by atoms with Crippen molar-refractivity contribution >= 4 is 5.97 Å². The van der Waals surface area contributed by atoms with Gasteiger partial charge in [0.2, 0.25) is 0 Å². The van der Waals surface area contributed by atoms with Crippen LogP contribution in [0, 0.1) is 34.5 Å². The Hall–Kier alpha value is -1.03. The molecular weight excluding hydrogens is 476 g/mol. The van der Waals surface area contributed by atoms with E-state index >= 15 is 0 Å². The van der Waals surface area contributed by atoms with Crippen molar-refractivity contribution in [1.29, 1.82) is 0 Å². The zero-order chi connectivity index (χ0) is 26.3. The maximum Gasteiger partial charge on any atom is 0.331 e. The van der Waals surface area contributed by atoms with Gasteiger partial charge in [0, 0.05) is 11.5 Å². The molecule has 1 saturated heterocycles. The molecule has 0 aromatic carbocycles. The normalized spacial score (nSPS) is 55.6. The molecule has 8 nitrogen and oxygen atoms in total. The van der Waals surface area contributed by atoms with Crippen LogP contribution in [0.3, 0.4) is 0 Å². The fourth-order valence-corrected chi connectivity index (χ4v) is 9.81. The van der Waals surface area contributed by atoms with Gasteiger partial charge in [-0.3, -0.25) is 0 Å². The molecule has 5 fully saturated rings. The molecule has 6 rings (SSSR count). The van der Waals surface area contributed by atoms with Gasteiger partial charge in [0.05, 0.1) is 17.8 Å². The number of esters is 1. The Morgan fingerprint density at radius 2 is 1.73 bits per heavy atom. The smallest absolute Gasteiger partial charge is 0.331 e. The average Bonchev–Trinajstić information content (AvgIpc) is 3.41. The third kappa shape index (κ3) is 3.80. The van der Waals surface area contributed by atoms with Crippen molar-refractivity contribution in [3.05, 3.63) is 11.6 Å². The van der Waals surface area contributed by atoms with Crippen molar-refractivity contribution in [2.75, 3.05) is 6.61 Å². The van der Waals surface area contributed by atoms with Gasteiger partial charge in [0.25, 0.3) is 0 Å². The minimum absolute atomic E-state index is 0.0661. The molecule has 4 saturated carbocycles. The Balaban J connectivity index is 1.16. The standard InChI is InChI=1S/C29H44O8/c1-15-23(31)24(32)25(33)26(36-15)37-18-6-9-27(2)17(13-18)4-5-21-20(27)7-10-28(3)19(8-11-29(21,28)34)16-12-22(30)35-14-16/h12,15,17-21,23-26,31-34H,4-11,13-14H2,1-3H3/t15-,17+,18-,19+,20?,21?,23-,24+,25+,26-,27-,28+,29-/m0/s1. The second-order valence-corrected chi connectivity index (χ2v) is 13.5. The Morgan fingerprint density at radius 1 is 0.946 bits per heavy atom. The quantitative estimate of drug-likeness (QED) is 0.330. The highest BCUT2D eigenvalue weighted by molar-refractivity contribution is 5.85. The number of cyclic esters (lactones) is 1. The summed E-state index contributed by atoms with van der Waals surface area (Å²) in [6.07, 6.45) is 4.88. The molecule has 37 heavy (non-hydrogen) atoms. The third-order valence-electron chi connectivity index (χ3n) is 12.1. The van der Waals surface area contributed by atoms with Crippen LogP contribution in [0.15, 0.2) is 11.6 Å². The molecule has 6 aliphatic rings. The van der Waals surface area contributed by atoms with E-state index < -0.39 is 36.3 Å². The van der Waals surface area contributed by atoms with E-state index in [0.29, 0.717) is 18.4 Å². The van der Waals surface area contributed by atoms with Gasteiger partial charge < -0.3 is 34.6 Å². The second-order valence-electron chi connectivity index (χ2n) is 13.5. The first kappa shape index (κ1) is 26.2. The summed E-state index contributed by atoms with van der Waals surface area (Å²) in [5.74, 6) is 1.14. The van der Waals surface area contributed by atoms with Crippen molar-refractivity contribution < 1.29 is 39.4 Å². The lowest BCUT2D eigenvalue weighted by Crippen LogP contribution is -2.62. The van der Waals surface area contributed by atoms with E-state index in [1.807, 2.05) is 0 Å². The lowest BCUT2D eigenvalue weighted by atomic mass is 9.43. The van der Waals surface area contributed by atoms with Crippen molar-refractivity contribution in [2.24, 2.45) is 34.5 Å². The number of hydrogen-bond donors (Lipinski definition) is 4. The molecule has 13 atom stereocenters. The summed E-state index contributed by atoms with van der Waals surface area (Å²) in [5.41, 5.74) is 0.243. The van der Waals surface area contributed by atoms with Crippen LogP contribution in [-0.4, -0.2) is 75.4 Å². The van der Waals surface area contributed by atoms with Crippen LogP contribution in [0.25, 0.3) is 0 Å². The zero-order valence-corrected chi connectivity index (χ0v) is 22.3. The summed E-state index contributed by atoms with van der Waals surface area (Å²) in [7, 11) is 0. The van der Waals surface area contributed by atoms with Crippen molar-refractivity contribution in [3.8, 4) is 0 Å². The average molecular weight is 521 g/mol. The van der Waals surface area contributed by atoms with E-state index in [0.717, 1.165) is 63.4 Å². The first-order valence-electron chi connectivity index (χ1n) is 14.4. The van der Waals surface area contributed by atoms with Crippen LogP contribution in [0.5, 0.6) is 0 Å². The molecule has 2 aliphatic heterocycles. The molecule has 0 aromatic rings. The maximum absolute atomic E-state index is 12.4. The fraction of sp³-hybridized carbons (Fsp3) is 0.897. The number of fused-ring (bicyclic) bond motifs is 5. The van der Waals surface area contributed by atoms with E-state index in [9.17, 15) is 25.2 Å². The molecule has 2 heterocycles. The first-order valence-corrected chi connectivity index (χ1v) is 14.4. The van der Waals surface area contributed by atoms with Gasteiger partial charge in [-0.1, -0.05) is 13.8 Å². The van der Waals surface area contributed by atoms with E-state index in [1.54, 1.807) is 13.0 Å². The summed E-state index contributed by atoms with van der Waals surface area (Å²) >= 11 is 0. The highest BCUT2D eigenvalue weighted by Crippen LogP contribution is 2.70. The Morgan fingerprint density at radius 3 is 2.46 bits per heavy atom. The van der Waals surface area contributed by atoms with Gasteiger partial charge >= 0.3 is 5.97 Å². The largest absolute Gasteiger partial charge is 0.458 e. The number of rotatable bonds is 3. The van der Waals surface area contributed by atoms with Crippen molar-refractivity contribution in [1.82, 2.24) is 0 Å². The number of aliphatic hydroxyl groups excluding tert-OH is 3. The maximum atomic E-state index is 12.4. The number of aliphatic hydroxyl groups is 4. The highest BCUT2D eigenvalue weighted by atomic mass is 16.7. The Labute approximate surface area is 219 Å². The van der Waals surface area contributed by atoms with Gasteiger partial charge in [0.1, 0.15) is 24.9 Å². The molecule has 0 amide bonds. The van der Waals surface area contributed by atoms with E-state index in [-0.39, 0.29) is 34.7 Å². The highest BCUT2D eigenvalue weighted by Gasteiger charge is 2.67. The Bertz CT molecular complexity index is 952. The van der Waals surface area contributed by atoms with E-state index in [2.05, 4.69) is 13.8 Å². The number of carbonyl (C=O) groups excluding carboxylic acids is 1. The van der Waals surface area contributed by atoms with Crippen LogP contribution in [0.4, 0.5) is 0 Å². The van der Waals surface area contributed by atoms with Crippen molar-refractivity contribution in [3.63, 3.8) is 0 Å². The molecule has 0 radical (unpaired) electrons. The summed E-state index contributed by atoms with van der Waals surface area (Å²) in [5, 5.41) is 43.0. The Kier molecular flexibility index (Phi) is 6.37. The van der Waals surface area contributed by atoms with Gasteiger partial charge in [0.15, 0.2) is 6.29 Å². The van der Waals surface area contributed by atoms with Crippen LogP contribution in [0.2, 0.25) is 0 Å². The van der Waals surface area contributed by atoms with Crippen LogP contribution in [0.1, 0.15) is 78.6 Å². The minimum Gasteiger partial charge on any atom is -0.458 e. The van der Waals surface area contributed by atoms with Gasteiger partial charge in [-0.15, -0.1) is 0 Å². The van der Waals surface area contributed by atoms with E-state index in [1.165, 1.54) is 0 Å². The summed E-state index contributed by atoms with van der Waals surface area (Å²) < 4.78 is 17.2. The van der Waals surface area contributed by atoms with Gasteiger partial charge in [-0.25, -0.2) is 4.79 Å². The summed E-state index contributed by atoms with van der Waals surface area (Å²) in [4.78, 5) is 11.8. The summed E-state index contributed by atoms with van der Waals surface area (Å²) in [6.45, 7) is 6.73. The molecule has 8 heteroatoms. The van der Waals surface area contributed by atoms with Crippen LogP contribution >= 0.6 is 0 Å². The van der Waals surface area contributed by atoms with Gasteiger partial charge in [-0.05, 0) is 99.4 Å². The fourth-order valence-electron chi connectivity index (χ4n) is 9.81. The zero-order valence-electron chi connectivity index (χ0n) is 22.3. The molecule has 0 bridgehead atoms. The number of ether oxygens (including phenoxy) is 3. The molecule has 0 aromatic heterocycles. The predicted molar refractivity (Wildman–Crippen MR) is 133 cm³/mol. The number of hydrogen-bond acceptors (Lipinski definition) is 8. The third-order valence-corrected chi connectivity index (χ3v) is 12.1. The van der Waals surface area contributed by atoms with Crippen LogP contribution < -0.4 is 0 Å².